The van der Waals surface area contributed by atoms with E-state index in [2.05, 4.69) is 59.4 Å². The number of nitrogens with one attached hydrogen (secondary N) is 1. The summed E-state index contributed by atoms with van der Waals surface area (Å²) in [6, 6.07) is 12.8. The van der Waals surface area contributed by atoms with E-state index in [4.69, 9.17) is 0 Å². The quantitative estimate of drug-likeness (QED) is 0.765. The van der Waals surface area contributed by atoms with Crippen molar-refractivity contribution in [2.75, 3.05) is 19.6 Å². The van der Waals surface area contributed by atoms with E-state index in [9.17, 15) is 4.79 Å². The summed E-state index contributed by atoms with van der Waals surface area (Å²) in [5, 5.41) is 3.24. The molecule has 0 unspecified atom stereocenters. The summed E-state index contributed by atoms with van der Waals surface area (Å²) in [5.74, 6) is 1.07. The van der Waals surface area contributed by atoms with Crippen LogP contribution in [0.4, 0.5) is 0 Å². The summed E-state index contributed by atoms with van der Waals surface area (Å²) in [6.45, 7) is 7.25. The van der Waals surface area contributed by atoms with Crippen LogP contribution < -0.4 is 5.32 Å². The van der Waals surface area contributed by atoms with E-state index in [0.29, 0.717) is 0 Å². The monoisotopic (exact) mass is 391 g/mol. The molecule has 1 atom stereocenters. The Balaban J connectivity index is 1.65. The molecule has 1 amide bonds. The molecule has 1 aliphatic heterocycles. The molecule has 0 spiro atoms. The van der Waals surface area contributed by atoms with E-state index < -0.39 is 0 Å². The number of amides is 1. The lowest BCUT2D eigenvalue weighted by Crippen LogP contribution is -2.54. The molecule has 1 saturated carbocycles. The Morgan fingerprint density at radius 2 is 2.07 bits per heavy atom. The minimum Gasteiger partial charge on any atom is -0.353 e. The first-order valence-electron chi connectivity index (χ1n) is 11.1. The first-order valence-corrected chi connectivity index (χ1v) is 11.1. The van der Waals surface area contributed by atoms with Gasteiger partial charge in [0.25, 0.3) is 0 Å². The van der Waals surface area contributed by atoms with Crippen LogP contribution in [0.25, 0.3) is 11.1 Å². The average Bonchev–Trinajstić information content (AvgIpc) is 3.53. The average molecular weight is 392 g/mol. The summed E-state index contributed by atoms with van der Waals surface area (Å²) in [6.07, 6.45) is 9.25. The highest BCUT2D eigenvalue weighted by Gasteiger charge is 2.43. The van der Waals surface area contributed by atoms with E-state index in [1.807, 2.05) is 12.3 Å². The van der Waals surface area contributed by atoms with Crippen LogP contribution >= 0.6 is 0 Å². The Morgan fingerprint density at radius 1 is 1.24 bits per heavy atom. The van der Waals surface area contributed by atoms with Gasteiger partial charge in [0.15, 0.2) is 0 Å². The summed E-state index contributed by atoms with van der Waals surface area (Å²) in [4.78, 5) is 20.3. The van der Waals surface area contributed by atoms with Crippen molar-refractivity contribution in [1.29, 1.82) is 0 Å². The van der Waals surface area contributed by atoms with Gasteiger partial charge in [0.05, 0.1) is 5.41 Å². The fraction of sp³-hybridized carbons (Fsp3) is 0.520. The standard InChI is InChI=1S/C25H33N3O/c1-19(2)27-24(29)25(12-6-14-28(18-25)17-20-10-11-20)15-21-7-3-4-9-23(21)22-8-5-13-26-16-22/h3-5,7-9,13,16,19-20H,6,10-12,14-15,17-18H2,1-2H3,(H,27,29)/t25-/m0/s1. The molecule has 154 valence electrons. The molecule has 1 saturated heterocycles. The van der Waals surface area contributed by atoms with Crippen molar-refractivity contribution in [3.63, 3.8) is 0 Å². The normalized spacial score (nSPS) is 22.6. The van der Waals surface area contributed by atoms with Crippen LogP contribution in [-0.2, 0) is 11.2 Å². The molecular formula is C25H33N3O. The van der Waals surface area contributed by atoms with Gasteiger partial charge in [-0.2, -0.15) is 0 Å². The Bertz CT molecular complexity index is 831. The Hall–Kier alpha value is -2.20. The first kappa shape index (κ1) is 20.1. The maximum atomic E-state index is 13.5. The number of carbonyl (C=O) groups excluding carboxylic acids is 1. The number of piperidine rings is 1. The van der Waals surface area contributed by atoms with Crippen LogP contribution in [0.1, 0.15) is 45.1 Å². The van der Waals surface area contributed by atoms with Gasteiger partial charge < -0.3 is 10.2 Å². The van der Waals surface area contributed by atoms with Crippen molar-refractivity contribution in [2.45, 2.75) is 52.0 Å². The fourth-order valence-corrected chi connectivity index (χ4v) is 4.72. The lowest BCUT2D eigenvalue weighted by Gasteiger charge is -2.42. The largest absolute Gasteiger partial charge is 0.353 e. The molecule has 0 radical (unpaired) electrons. The predicted octanol–water partition coefficient (Wildman–Crippen LogP) is 4.31. The summed E-state index contributed by atoms with van der Waals surface area (Å²) in [5.41, 5.74) is 3.19. The SMILES string of the molecule is CC(C)NC(=O)[C@]1(Cc2ccccc2-c2cccnc2)CCCN(CC2CC2)C1. The minimum absolute atomic E-state index is 0.159. The highest BCUT2D eigenvalue weighted by molar-refractivity contribution is 5.84. The topological polar surface area (TPSA) is 45.2 Å². The molecule has 2 aliphatic rings. The zero-order valence-electron chi connectivity index (χ0n) is 17.7. The van der Waals surface area contributed by atoms with Gasteiger partial charge in [-0.15, -0.1) is 0 Å². The molecule has 1 aliphatic carbocycles. The Kier molecular flexibility index (Phi) is 6.00. The number of carbonyl (C=O) groups is 1. The summed E-state index contributed by atoms with van der Waals surface area (Å²) in [7, 11) is 0. The van der Waals surface area contributed by atoms with Crippen LogP contribution in [0.3, 0.4) is 0 Å². The second-order valence-corrected chi connectivity index (χ2v) is 9.27. The number of hydrogen-bond acceptors (Lipinski definition) is 3. The molecule has 2 heterocycles. The number of benzene rings is 1. The van der Waals surface area contributed by atoms with Gasteiger partial charge in [0, 0.05) is 37.1 Å². The predicted molar refractivity (Wildman–Crippen MR) is 117 cm³/mol. The van der Waals surface area contributed by atoms with Gasteiger partial charge in [0.2, 0.25) is 5.91 Å². The van der Waals surface area contributed by atoms with Crippen molar-refractivity contribution >= 4 is 5.91 Å². The minimum atomic E-state index is -0.365. The third kappa shape index (κ3) is 4.87. The third-order valence-corrected chi connectivity index (χ3v) is 6.29. The molecule has 4 rings (SSSR count). The molecule has 29 heavy (non-hydrogen) atoms. The maximum Gasteiger partial charge on any atom is 0.228 e. The molecule has 4 nitrogen and oxygen atoms in total. The molecular weight excluding hydrogens is 358 g/mol. The van der Waals surface area contributed by atoms with Gasteiger partial charge in [-0.1, -0.05) is 30.3 Å². The number of pyridine rings is 1. The number of aromatic nitrogens is 1. The highest BCUT2D eigenvalue weighted by atomic mass is 16.2. The van der Waals surface area contributed by atoms with Gasteiger partial charge in [0.1, 0.15) is 0 Å². The van der Waals surface area contributed by atoms with Crippen molar-refractivity contribution in [3.05, 3.63) is 54.4 Å². The zero-order valence-corrected chi connectivity index (χ0v) is 17.7. The fourth-order valence-electron chi connectivity index (χ4n) is 4.72. The van der Waals surface area contributed by atoms with Crippen LogP contribution in [-0.4, -0.2) is 41.5 Å². The lowest BCUT2D eigenvalue weighted by atomic mass is 9.73. The zero-order chi connectivity index (χ0) is 20.3. The number of likely N-dealkylation sites (tertiary alicyclic amines) is 1. The second-order valence-electron chi connectivity index (χ2n) is 9.27. The van der Waals surface area contributed by atoms with Crippen molar-refractivity contribution in [2.24, 2.45) is 11.3 Å². The number of nitrogens with zero attached hydrogens (tertiary/aromatic N) is 2. The van der Waals surface area contributed by atoms with Gasteiger partial charge >= 0.3 is 0 Å². The van der Waals surface area contributed by atoms with Crippen LogP contribution in [0.5, 0.6) is 0 Å². The smallest absolute Gasteiger partial charge is 0.228 e. The highest BCUT2D eigenvalue weighted by Crippen LogP contribution is 2.39. The Labute approximate surface area is 174 Å². The summed E-state index contributed by atoms with van der Waals surface area (Å²) >= 11 is 0. The molecule has 1 aromatic heterocycles. The van der Waals surface area contributed by atoms with E-state index in [1.54, 1.807) is 6.20 Å². The Morgan fingerprint density at radius 3 is 2.79 bits per heavy atom. The second kappa shape index (κ2) is 8.66. The first-order chi connectivity index (χ1) is 14.1. The maximum absolute atomic E-state index is 13.5. The van der Waals surface area contributed by atoms with Crippen LogP contribution in [0, 0.1) is 11.3 Å². The molecule has 0 bridgehead atoms. The van der Waals surface area contributed by atoms with Gasteiger partial charge in [-0.25, -0.2) is 0 Å². The number of rotatable bonds is 7. The molecule has 1 N–H and O–H groups in total. The van der Waals surface area contributed by atoms with Crippen molar-refractivity contribution in [3.8, 4) is 11.1 Å². The molecule has 2 fully saturated rings. The van der Waals surface area contributed by atoms with E-state index in [-0.39, 0.29) is 17.4 Å². The molecule has 2 aromatic rings. The number of hydrogen-bond donors (Lipinski definition) is 1. The van der Waals surface area contributed by atoms with Gasteiger partial charge in [-0.05, 0) is 75.6 Å². The van der Waals surface area contributed by atoms with Crippen molar-refractivity contribution in [1.82, 2.24) is 15.2 Å². The third-order valence-electron chi connectivity index (χ3n) is 6.29. The lowest BCUT2D eigenvalue weighted by molar-refractivity contribution is -0.135. The summed E-state index contributed by atoms with van der Waals surface area (Å²) < 4.78 is 0. The molecule has 4 heteroatoms. The van der Waals surface area contributed by atoms with E-state index in [0.717, 1.165) is 50.4 Å². The van der Waals surface area contributed by atoms with E-state index >= 15 is 0 Å². The van der Waals surface area contributed by atoms with Crippen LogP contribution in [0.2, 0.25) is 0 Å². The van der Waals surface area contributed by atoms with Crippen LogP contribution in [0.15, 0.2) is 48.8 Å². The van der Waals surface area contributed by atoms with Crippen molar-refractivity contribution < 1.29 is 4.79 Å². The van der Waals surface area contributed by atoms with Gasteiger partial charge in [-0.3, -0.25) is 9.78 Å². The van der Waals surface area contributed by atoms with E-state index in [1.165, 1.54) is 24.0 Å². The molecule has 1 aromatic carbocycles.